The molecule has 1 atom stereocenters. The van der Waals surface area contributed by atoms with Gasteiger partial charge in [-0.2, -0.15) is 0 Å². The van der Waals surface area contributed by atoms with Crippen molar-refractivity contribution in [3.63, 3.8) is 0 Å². The van der Waals surface area contributed by atoms with E-state index in [1.54, 1.807) is 14.2 Å². The molecule has 1 aromatic rings. The normalized spacial score (nSPS) is 17.5. The number of rotatable bonds is 7. The highest BCUT2D eigenvalue weighted by molar-refractivity contribution is 5.41. The van der Waals surface area contributed by atoms with Crippen LogP contribution in [0.4, 0.5) is 0 Å². The Morgan fingerprint density at radius 3 is 2.71 bits per heavy atom. The van der Waals surface area contributed by atoms with E-state index in [0.717, 1.165) is 38.2 Å². The van der Waals surface area contributed by atoms with E-state index < -0.39 is 6.10 Å². The van der Waals surface area contributed by atoms with Crippen LogP contribution in [0.5, 0.6) is 11.5 Å². The van der Waals surface area contributed by atoms with Gasteiger partial charge in [0.05, 0.1) is 20.3 Å². The molecule has 1 heterocycles. The second-order valence-corrected chi connectivity index (χ2v) is 5.34. The quantitative estimate of drug-likeness (QED) is 0.802. The van der Waals surface area contributed by atoms with Gasteiger partial charge in [-0.1, -0.05) is 0 Å². The SMILES string of the molecule is COc1ccc(OC)c(C(O)CNCC2CCOCC2)c1. The minimum atomic E-state index is -0.616. The van der Waals surface area contributed by atoms with Gasteiger partial charge in [0.25, 0.3) is 0 Å². The molecule has 1 aliphatic rings. The summed E-state index contributed by atoms with van der Waals surface area (Å²) in [6.45, 7) is 3.10. The minimum absolute atomic E-state index is 0.501. The van der Waals surface area contributed by atoms with Crippen LogP contribution in [0, 0.1) is 5.92 Å². The van der Waals surface area contributed by atoms with Gasteiger partial charge in [0, 0.05) is 25.3 Å². The van der Waals surface area contributed by atoms with E-state index in [0.29, 0.717) is 24.0 Å². The van der Waals surface area contributed by atoms with E-state index in [-0.39, 0.29) is 0 Å². The number of aliphatic hydroxyl groups excluding tert-OH is 1. The number of ether oxygens (including phenoxy) is 3. The van der Waals surface area contributed by atoms with Crippen molar-refractivity contribution < 1.29 is 19.3 Å². The van der Waals surface area contributed by atoms with Gasteiger partial charge in [0.2, 0.25) is 0 Å². The first-order valence-electron chi connectivity index (χ1n) is 7.43. The number of methoxy groups -OCH3 is 2. The van der Waals surface area contributed by atoms with Crippen LogP contribution in [0.25, 0.3) is 0 Å². The maximum Gasteiger partial charge on any atom is 0.124 e. The van der Waals surface area contributed by atoms with Crippen molar-refractivity contribution in [2.75, 3.05) is 40.5 Å². The summed E-state index contributed by atoms with van der Waals surface area (Å²) in [6, 6.07) is 5.46. The van der Waals surface area contributed by atoms with Crippen LogP contribution in [0.15, 0.2) is 18.2 Å². The third-order valence-corrected chi connectivity index (χ3v) is 3.91. The minimum Gasteiger partial charge on any atom is -0.497 e. The molecule has 1 aliphatic heterocycles. The summed E-state index contributed by atoms with van der Waals surface area (Å²) in [5.74, 6) is 2.03. The Balaban J connectivity index is 1.88. The van der Waals surface area contributed by atoms with Crippen LogP contribution in [-0.4, -0.2) is 45.6 Å². The van der Waals surface area contributed by atoms with Gasteiger partial charge in [-0.15, -0.1) is 0 Å². The molecule has 1 unspecified atom stereocenters. The third kappa shape index (κ3) is 4.59. The van der Waals surface area contributed by atoms with E-state index in [4.69, 9.17) is 14.2 Å². The van der Waals surface area contributed by atoms with Crippen LogP contribution in [-0.2, 0) is 4.74 Å². The Bertz CT molecular complexity index is 432. The van der Waals surface area contributed by atoms with Crippen molar-refractivity contribution >= 4 is 0 Å². The first-order chi connectivity index (χ1) is 10.2. The lowest BCUT2D eigenvalue weighted by Crippen LogP contribution is -2.30. The predicted octanol–water partition coefficient (Wildman–Crippen LogP) is 1.75. The fraction of sp³-hybridized carbons (Fsp3) is 0.625. The molecule has 118 valence electrons. The molecule has 1 saturated heterocycles. The lowest BCUT2D eigenvalue weighted by atomic mass is 10.00. The number of hydrogen-bond donors (Lipinski definition) is 2. The molecule has 1 fully saturated rings. The summed E-state index contributed by atoms with van der Waals surface area (Å²) >= 11 is 0. The van der Waals surface area contributed by atoms with E-state index in [1.165, 1.54) is 0 Å². The Kier molecular flexibility index (Phi) is 6.29. The van der Waals surface area contributed by atoms with E-state index in [1.807, 2.05) is 18.2 Å². The van der Waals surface area contributed by atoms with Gasteiger partial charge >= 0.3 is 0 Å². The first kappa shape index (κ1) is 16.1. The molecule has 0 aromatic heterocycles. The Labute approximate surface area is 126 Å². The fourth-order valence-corrected chi connectivity index (χ4v) is 2.58. The standard InChI is InChI=1S/C16H25NO4/c1-19-13-3-4-16(20-2)14(9-13)15(18)11-17-10-12-5-7-21-8-6-12/h3-4,9,12,15,17-18H,5-8,10-11H2,1-2H3. The second-order valence-electron chi connectivity index (χ2n) is 5.34. The molecule has 21 heavy (non-hydrogen) atoms. The largest absolute Gasteiger partial charge is 0.497 e. The maximum atomic E-state index is 10.4. The van der Waals surface area contributed by atoms with E-state index in [2.05, 4.69) is 5.32 Å². The zero-order valence-corrected chi connectivity index (χ0v) is 12.8. The molecule has 0 saturated carbocycles. The Morgan fingerprint density at radius 1 is 1.29 bits per heavy atom. The average Bonchev–Trinajstić information content (AvgIpc) is 2.55. The smallest absolute Gasteiger partial charge is 0.124 e. The maximum absolute atomic E-state index is 10.4. The summed E-state index contributed by atoms with van der Waals surface area (Å²) in [5, 5.41) is 13.7. The number of hydrogen-bond acceptors (Lipinski definition) is 5. The van der Waals surface area contributed by atoms with Crippen molar-refractivity contribution in [2.24, 2.45) is 5.92 Å². The molecule has 2 rings (SSSR count). The number of benzene rings is 1. The lowest BCUT2D eigenvalue weighted by molar-refractivity contribution is 0.0649. The first-order valence-corrected chi connectivity index (χ1v) is 7.43. The van der Waals surface area contributed by atoms with Crippen LogP contribution < -0.4 is 14.8 Å². The van der Waals surface area contributed by atoms with Gasteiger partial charge in [-0.05, 0) is 43.5 Å². The number of aliphatic hydroxyl groups is 1. The summed E-state index contributed by atoms with van der Waals surface area (Å²) in [5.41, 5.74) is 0.747. The Hall–Kier alpha value is -1.30. The molecule has 5 heteroatoms. The van der Waals surface area contributed by atoms with E-state index in [9.17, 15) is 5.11 Å². The molecule has 0 radical (unpaired) electrons. The third-order valence-electron chi connectivity index (χ3n) is 3.91. The van der Waals surface area contributed by atoms with Gasteiger partial charge in [0.15, 0.2) is 0 Å². The van der Waals surface area contributed by atoms with Crippen LogP contribution >= 0.6 is 0 Å². The van der Waals surface area contributed by atoms with Crippen molar-refractivity contribution in [1.82, 2.24) is 5.32 Å². The van der Waals surface area contributed by atoms with Crippen molar-refractivity contribution in [2.45, 2.75) is 18.9 Å². The molecule has 5 nitrogen and oxygen atoms in total. The topological polar surface area (TPSA) is 60.0 Å². The summed E-state index contributed by atoms with van der Waals surface area (Å²) < 4.78 is 15.9. The Morgan fingerprint density at radius 2 is 2.05 bits per heavy atom. The molecule has 0 amide bonds. The van der Waals surface area contributed by atoms with Gasteiger partial charge in [-0.3, -0.25) is 0 Å². The highest BCUT2D eigenvalue weighted by Gasteiger charge is 2.17. The lowest BCUT2D eigenvalue weighted by Gasteiger charge is -2.23. The van der Waals surface area contributed by atoms with Crippen molar-refractivity contribution in [3.05, 3.63) is 23.8 Å². The van der Waals surface area contributed by atoms with Crippen molar-refractivity contribution in [1.29, 1.82) is 0 Å². The summed E-state index contributed by atoms with van der Waals surface area (Å²) in [6.07, 6.45) is 1.56. The van der Waals surface area contributed by atoms with E-state index >= 15 is 0 Å². The number of nitrogens with one attached hydrogen (secondary N) is 1. The van der Waals surface area contributed by atoms with Gasteiger partial charge in [0.1, 0.15) is 11.5 Å². The van der Waals surface area contributed by atoms with Gasteiger partial charge in [-0.25, -0.2) is 0 Å². The zero-order valence-electron chi connectivity index (χ0n) is 12.8. The molecule has 0 spiro atoms. The molecular formula is C16H25NO4. The van der Waals surface area contributed by atoms with Crippen LogP contribution in [0.1, 0.15) is 24.5 Å². The summed E-state index contributed by atoms with van der Waals surface area (Å²) in [7, 11) is 3.22. The summed E-state index contributed by atoms with van der Waals surface area (Å²) in [4.78, 5) is 0. The average molecular weight is 295 g/mol. The highest BCUT2D eigenvalue weighted by Crippen LogP contribution is 2.29. The van der Waals surface area contributed by atoms with Crippen LogP contribution in [0.2, 0.25) is 0 Å². The zero-order chi connectivity index (χ0) is 15.1. The molecular weight excluding hydrogens is 270 g/mol. The predicted molar refractivity (Wildman–Crippen MR) is 80.9 cm³/mol. The second kappa shape index (κ2) is 8.22. The van der Waals surface area contributed by atoms with Gasteiger partial charge < -0.3 is 24.6 Å². The molecule has 0 bridgehead atoms. The van der Waals surface area contributed by atoms with Crippen LogP contribution in [0.3, 0.4) is 0 Å². The monoisotopic (exact) mass is 295 g/mol. The fourth-order valence-electron chi connectivity index (χ4n) is 2.58. The highest BCUT2D eigenvalue weighted by atomic mass is 16.5. The molecule has 0 aliphatic carbocycles. The molecule has 1 aromatic carbocycles. The molecule has 2 N–H and O–H groups in total. The van der Waals surface area contributed by atoms with Crippen molar-refractivity contribution in [3.8, 4) is 11.5 Å².